The van der Waals surface area contributed by atoms with E-state index in [0.717, 1.165) is 6.08 Å². The monoisotopic (exact) mass is 324 g/mol. The first-order valence-electron chi connectivity index (χ1n) is 7.14. The molecule has 0 radical (unpaired) electrons. The Morgan fingerprint density at radius 3 is 2.38 bits per heavy atom. The summed E-state index contributed by atoms with van der Waals surface area (Å²) in [6, 6.07) is 13.2. The Labute approximate surface area is 139 Å². The highest BCUT2D eigenvalue weighted by molar-refractivity contribution is 5.96. The number of ether oxygens (including phenoxy) is 3. The zero-order valence-electron chi connectivity index (χ0n) is 12.9. The van der Waals surface area contributed by atoms with Gasteiger partial charge in [0.05, 0.1) is 0 Å². The number of esters is 2. The van der Waals surface area contributed by atoms with Crippen molar-refractivity contribution in [3.63, 3.8) is 0 Å². The molecule has 0 aromatic heterocycles. The number of rotatable bonds is 7. The fourth-order valence-electron chi connectivity index (χ4n) is 1.84. The molecule has 0 saturated heterocycles. The molecule has 0 aliphatic heterocycles. The Balaban J connectivity index is 2.35. The average Bonchev–Trinajstić information content (AvgIpc) is 2.61. The number of para-hydroxylation sites is 2. The molecular formula is C19H16O5. The van der Waals surface area contributed by atoms with Gasteiger partial charge in [-0.3, -0.25) is 0 Å². The Morgan fingerprint density at radius 2 is 1.71 bits per heavy atom. The molecular weight excluding hydrogens is 308 g/mol. The maximum Gasteiger partial charge on any atom is 0.347 e. The third-order valence-electron chi connectivity index (χ3n) is 2.88. The van der Waals surface area contributed by atoms with E-state index in [9.17, 15) is 9.59 Å². The van der Waals surface area contributed by atoms with Gasteiger partial charge in [0.15, 0.2) is 11.5 Å². The molecule has 0 fully saturated rings. The van der Waals surface area contributed by atoms with Gasteiger partial charge in [-0.05, 0) is 24.3 Å². The Kier molecular flexibility index (Phi) is 5.91. The van der Waals surface area contributed by atoms with Crippen LogP contribution in [-0.2, 0) is 4.79 Å². The van der Waals surface area contributed by atoms with Crippen molar-refractivity contribution in [1.82, 2.24) is 0 Å². The Morgan fingerprint density at radius 1 is 0.958 bits per heavy atom. The lowest BCUT2D eigenvalue weighted by atomic mass is 10.2. The van der Waals surface area contributed by atoms with Crippen LogP contribution in [0.5, 0.6) is 17.2 Å². The number of hydrogen-bond donors (Lipinski definition) is 0. The molecule has 0 aliphatic carbocycles. The summed E-state index contributed by atoms with van der Waals surface area (Å²) in [6.45, 7) is 7.09. The number of benzene rings is 2. The minimum atomic E-state index is -0.710. The number of hydrogen-bond acceptors (Lipinski definition) is 5. The molecule has 0 spiro atoms. The van der Waals surface area contributed by atoms with Gasteiger partial charge < -0.3 is 14.2 Å². The van der Waals surface area contributed by atoms with Crippen molar-refractivity contribution in [2.45, 2.75) is 0 Å². The SMILES string of the molecule is C=CCOc1cccc(C(=O)Oc2ccccc2)c1OC(=O)C=C. The van der Waals surface area contributed by atoms with E-state index in [1.807, 2.05) is 0 Å². The van der Waals surface area contributed by atoms with E-state index in [2.05, 4.69) is 13.2 Å². The lowest BCUT2D eigenvalue weighted by molar-refractivity contribution is -0.129. The van der Waals surface area contributed by atoms with Gasteiger partial charge >= 0.3 is 11.9 Å². The molecule has 0 N–H and O–H groups in total. The highest BCUT2D eigenvalue weighted by atomic mass is 16.6. The first kappa shape index (κ1) is 17.0. The standard InChI is InChI=1S/C19H16O5/c1-3-13-22-16-12-8-11-15(18(16)24-17(20)4-2)19(21)23-14-9-6-5-7-10-14/h3-12H,1-2,13H2. The van der Waals surface area contributed by atoms with E-state index < -0.39 is 11.9 Å². The van der Waals surface area contributed by atoms with Gasteiger partial charge in [0.1, 0.15) is 17.9 Å². The van der Waals surface area contributed by atoms with Gasteiger partial charge in [0.2, 0.25) is 0 Å². The van der Waals surface area contributed by atoms with Crippen LogP contribution in [0.3, 0.4) is 0 Å². The van der Waals surface area contributed by atoms with Crippen LogP contribution in [0.2, 0.25) is 0 Å². The van der Waals surface area contributed by atoms with Gasteiger partial charge in [0, 0.05) is 6.08 Å². The molecule has 5 heteroatoms. The molecule has 24 heavy (non-hydrogen) atoms. The Hall–Kier alpha value is -3.34. The number of carbonyl (C=O) groups is 2. The summed E-state index contributed by atoms with van der Waals surface area (Å²) in [5.74, 6) is -0.797. The van der Waals surface area contributed by atoms with Crippen molar-refractivity contribution in [2.24, 2.45) is 0 Å². The third-order valence-corrected chi connectivity index (χ3v) is 2.88. The molecule has 0 heterocycles. The van der Waals surface area contributed by atoms with Gasteiger partial charge in [-0.2, -0.15) is 0 Å². The van der Waals surface area contributed by atoms with E-state index in [1.54, 1.807) is 42.5 Å². The summed E-state index contributed by atoms with van der Waals surface area (Å²) in [7, 11) is 0. The minimum Gasteiger partial charge on any atom is -0.486 e. The zero-order valence-corrected chi connectivity index (χ0v) is 12.9. The molecule has 0 unspecified atom stereocenters. The van der Waals surface area contributed by atoms with Gasteiger partial charge in [0.25, 0.3) is 0 Å². The van der Waals surface area contributed by atoms with E-state index in [0.29, 0.717) is 5.75 Å². The molecule has 2 rings (SSSR count). The van der Waals surface area contributed by atoms with Crippen LogP contribution in [0.1, 0.15) is 10.4 Å². The normalized spacial score (nSPS) is 9.67. The van der Waals surface area contributed by atoms with Crippen molar-refractivity contribution in [1.29, 1.82) is 0 Å². The van der Waals surface area contributed by atoms with Crippen LogP contribution in [0.25, 0.3) is 0 Å². The average molecular weight is 324 g/mol. The van der Waals surface area contributed by atoms with Crippen LogP contribution in [0.4, 0.5) is 0 Å². The van der Waals surface area contributed by atoms with Crippen molar-refractivity contribution < 1.29 is 23.8 Å². The summed E-state index contributed by atoms with van der Waals surface area (Å²) in [5.41, 5.74) is 0.0654. The fraction of sp³-hybridized carbons (Fsp3) is 0.0526. The summed E-state index contributed by atoms with van der Waals surface area (Å²) >= 11 is 0. The van der Waals surface area contributed by atoms with E-state index in [4.69, 9.17) is 14.2 Å². The lowest BCUT2D eigenvalue weighted by Crippen LogP contribution is -2.14. The van der Waals surface area contributed by atoms with Crippen molar-refractivity contribution >= 4 is 11.9 Å². The second-order valence-electron chi connectivity index (χ2n) is 4.56. The highest BCUT2D eigenvalue weighted by Crippen LogP contribution is 2.32. The fourth-order valence-corrected chi connectivity index (χ4v) is 1.84. The van der Waals surface area contributed by atoms with Crippen LogP contribution in [-0.4, -0.2) is 18.5 Å². The number of carbonyl (C=O) groups excluding carboxylic acids is 2. The molecule has 122 valence electrons. The molecule has 0 aliphatic rings. The summed E-state index contributed by atoms with van der Waals surface area (Å²) < 4.78 is 15.9. The first-order chi connectivity index (χ1) is 11.7. The van der Waals surface area contributed by atoms with E-state index >= 15 is 0 Å². The third kappa shape index (κ3) is 4.33. The van der Waals surface area contributed by atoms with Crippen LogP contribution < -0.4 is 14.2 Å². The predicted molar refractivity (Wildman–Crippen MR) is 89.4 cm³/mol. The second-order valence-corrected chi connectivity index (χ2v) is 4.56. The van der Waals surface area contributed by atoms with E-state index in [1.165, 1.54) is 12.1 Å². The highest BCUT2D eigenvalue weighted by Gasteiger charge is 2.21. The summed E-state index contributed by atoms with van der Waals surface area (Å²) in [4.78, 5) is 24.0. The zero-order chi connectivity index (χ0) is 17.4. The first-order valence-corrected chi connectivity index (χ1v) is 7.14. The predicted octanol–water partition coefficient (Wildman–Crippen LogP) is 3.56. The quantitative estimate of drug-likeness (QED) is 0.337. The van der Waals surface area contributed by atoms with Gasteiger partial charge in [-0.25, -0.2) is 9.59 Å². The maximum atomic E-state index is 12.4. The largest absolute Gasteiger partial charge is 0.486 e. The molecule has 0 amide bonds. The smallest absolute Gasteiger partial charge is 0.347 e. The van der Waals surface area contributed by atoms with Crippen molar-refractivity contribution in [3.05, 3.63) is 79.4 Å². The van der Waals surface area contributed by atoms with Gasteiger partial charge in [-0.1, -0.05) is 43.5 Å². The topological polar surface area (TPSA) is 61.8 Å². The summed E-state index contributed by atoms with van der Waals surface area (Å²) in [5, 5.41) is 0. The molecule has 2 aromatic carbocycles. The van der Waals surface area contributed by atoms with Crippen LogP contribution >= 0.6 is 0 Å². The van der Waals surface area contributed by atoms with Crippen LogP contribution in [0, 0.1) is 0 Å². The molecule has 0 saturated carbocycles. The second kappa shape index (κ2) is 8.33. The Bertz CT molecular complexity index is 750. The molecule has 5 nitrogen and oxygen atoms in total. The van der Waals surface area contributed by atoms with Crippen molar-refractivity contribution in [3.8, 4) is 17.2 Å². The van der Waals surface area contributed by atoms with Crippen molar-refractivity contribution in [2.75, 3.05) is 6.61 Å². The summed E-state index contributed by atoms with van der Waals surface area (Å²) in [6.07, 6.45) is 2.53. The maximum absolute atomic E-state index is 12.4. The molecule has 0 bridgehead atoms. The molecule has 0 atom stereocenters. The van der Waals surface area contributed by atoms with E-state index in [-0.39, 0.29) is 23.7 Å². The van der Waals surface area contributed by atoms with Gasteiger partial charge in [-0.15, -0.1) is 0 Å². The minimum absolute atomic E-state index is 0.0230. The lowest BCUT2D eigenvalue weighted by Gasteiger charge is -2.13. The molecule has 2 aromatic rings. The van der Waals surface area contributed by atoms with Crippen LogP contribution in [0.15, 0.2) is 73.8 Å².